The number of hydrogen-bond donors (Lipinski definition) is 1. The normalized spacial score (nSPS) is 11.9. The van der Waals surface area contributed by atoms with Gasteiger partial charge in [0.25, 0.3) is 0 Å². The molecule has 0 aliphatic rings. The molecule has 1 aromatic carbocycles. The van der Waals surface area contributed by atoms with Crippen molar-refractivity contribution in [2.45, 2.75) is 18.9 Å². The maximum Gasteiger partial charge on any atom is 0.119 e. The van der Waals surface area contributed by atoms with Crippen LogP contribution in [0.2, 0.25) is 0 Å². The molecule has 1 rings (SSSR count). The summed E-state index contributed by atoms with van der Waals surface area (Å²) in [6.45, 7) is 0. The molecule has 80 valence electrons. The molecule has 0 aliphatic heterocycles. The number of rotatable bonds is 4. The molecule has 0 radical (unpaired) electrons. The fourth-order valence-electron chi connectivity index (χ4n) is 1.33. The molecule has 0 aliphatic carbocycles. The summed E-state index contributed by atoms with van der Waals surface area (Å²) in [6.07, 6.45) is 6.67. The molecule has 15 heavy (non-hydrogen) atoms. The summed E-state index contributed by atoms with van der Waals surface area (Å²) in [6, 6.07) is 5.71. The fourth-order valence-corrected chi connectivity index (χ4v) is 1.87. The molecule has 0 heterocycles. The Morgan fingerprint density at radius 3 is 2.93 bits per heavy atom. The Morgan fingerprint density at radius 2 is 2.33 bits per heavy atom. The molecule has 0 aromatic heterocycles. The zero-order chi connectivity index (χ0) is 11.3. The van der Waals surface area contributed by atoms with Gasteiger partial charge in [0, 0.05) is 16.9 Å². The van der Waals surface area contributed by atoms with Gasteiger partial charge in [-0.25, -0.2) is 0 Å². The Bertz CT molecular complexity index is 370. The second kappa shape index (κ2) is 5.79. The van der Waals surface area contributed by atoms with Gasteiger partial charge in [0.1, 0.15) is 5.75 Å². The monoisotopic (exact) mass is 267 g/mol. The molecule has 2 N–H and O–H groups in total. The van der Waals surface area contributed by atoms with Crippen LogP contribution in [0.3, 0.4) is 0 Å². The lowest BCUT2D eigenvalue weighted by atomic mass is 10.0. The van der Waals surface area contributed by atoms with Crippen molar-refractivity contribution in [3.05, 3.63) is 28.2 Å². The van der Waals surface area contributed by atoms with Gasteiger partial charge >= 0.3 is 0 Å². The van der Waals surface area contributed by atoms with Crippen LogP contribution in [-0.4, -0.2) is 7.11 Å². The van der Waals surface area contributed by atoms with Gasteiger partial charge in [0.05, 0.1) is 7.11 Å². The van der Waals surface area contributed by atoms with Crippen molar-refractivity contribution in [2.75, 3.05) is 7.11 Å². The predicted octanol–water partition coefficient (Wildman–Crippen LogP) is 2.87. The van der Waals surface area contributed by atoms with Crippen LogP contribution in [-0.2, 0) is 0 Å². The highest BCUT2D eigenvalue weighted by Gasteiger charge is 2.10. The summed E-state index contributed by atoms with van der Waals surface area (Å²) in [5.74, 6) is 3.40. The second-order valence-corrected chi connectivity index (χ2v) is 4.09. The molecular weight excluding hydrogens is 254 g/mol. The first-order valence-corrected chi connectivity index (χ1v) is 5.50. The van der Waals surface area contributed by atoms with E-state index in [1.54, 1.807) is 7.11 Å². The number of ether oxygens (including phenoxy) is 1. The van der Waals surface area contributed by atoms with E-state index in [1.165, 1.54) is 0 Å². The quantitative estimate of drug-likeness (QED) is 0.852. The number of methoxy groups -OCH3 is 1. The molecule has 0 saturated carbocycles. The maximum atomic E-state index is 6.02. The predicted molar refractivity (Wildman–Crippen MR) is 65.7 cm³/mol. The molecule has 1 aromatic rings. The SMILES string of the molecule is C#CCCC(N)c1cc(OC)ccc1Br. The smallest absolute Gasteiger partial charge is 0.119 e. The molecule has 0 bridgehead atoms. The highest BCUT2D eigenvalue weighted by Crippen LogP contribution is 2.28. The minimum absolute atomic E-state index is 0.0504. The van der Waals surface area contributed by atoms with Crippen LogP contribution in [0.1, 0.15) is 24.4 Å². The number of halogens is 1. The fraction of sp³-hybridized carbons (Fsp3) is 0.333. The van der Waals surface area contributed by atoms with Gasteiger partial charge in [-0.1, -0.05) is 15.9 Å². The van der Waals surface area contributed by atoms with Crippen LogP contribution < -0.4 is 10.5 Å². The highest BCUT2D eigenvalue weighted by molar-refractivity contribution is 9.10. The third-order valence-electron chi connectivity index (χ3n) is 2.20. The van der Waals surface area contributed by atoms with E-state index in [1.807, 2.05) is 18.2 Å². The molecular formula is C12H14BrNO. The molecule has 0 amide bonds. The lowest BCUT2D eigenvalue weighted by Gasteiger charge is -2.13. The Morgan fingerprint density at radius 1 is 1.60 bits per heavy atom. The van der Waals surface area contributed by atoms with Gasteiger partial charge < -0.3 is 10.5 Å². The zero-order valence-electron chi connectivity index (χ0n) is 8.66. The first-order chi connectivity index (χ1) is 7.19. The van der Waals surface area contributed by atoms with Crippen LogP contribution in [0.4, 0.5) is 0 Å². The largest absolute Gasteiger partial charge is 0.497 e. The summed E-state index contributed by atoms with van der Waals surface area (Å²) >= 11 is 3.46. The minimum Gasteiger partial charge on any atom is -0.497 e. The van der Waals surface area contributed by atoms with Crippen molar-refractivity contribution in [3.8, 4) is 18.1 Å². The first kappa shape index (κ1) is 12.1. The summed E-state index contributed by atoms with van der Waals surface area (Å²) < 4.78 is 6.14. The van der Waals surface area contributed by atoms with Gasteiger partial charge in [0.15, 0.2) is 0 Å². The molecule has 1 unspecified atom stereocenters. The first-order valence-electron chi connectivity index (χ1n) is 4.71. The van der Waals surface area contributed by atoms with E-state index in [9.17, 15) is 0 Å². The average Bonchev–Trinajstić information content (AvgIpc) is 2.26. The van der Waals surface area contributed by atoms with Crippen LogP contribution in [0.5, 0.6) is 5.75 Å². The molecule has 3 heteroatoms. The van der Waals surface area contributed by atoms with Crippen molar-refractivity contribution >= 4 is 15.9 Å². The highest BCUT2D eigenvalue weighted by atomic mass is 79.9. The lowest BCUT2D eigenvalue weighted by Crippen LogP contribution is -2.10. The third kappa shape index (κ3) is 3.26. The summed E-state index contributed by atoms with van der Waals surface area (Å²) in [5, 5.41) is 0. The summed E-state index contributed by atoms with van der Waals surface area (Å²) in [4.78, 5) is 0. The second-order valence-electron chi connectivity index (χ2n) is 3.24. The van der Waals surface area contributed by atoms with E-state index in [0.717, 1.165) is 22.2 Å². The van der Waals surface area contributed by atoms with Crippen LogP contribution in [0.25, 0.3) is 0 Å². The van der Waals surface area contributed by atoms with Gasteiger partial charge in [-0.15, -0.1) is 12.3 Å². The topological polar surface area (TPSA) is 35.2 Å². The van der Waals surface area contributed by atoms with Crippen molar-refractivity contribution in [3.63, 3.8) is 0 Å². The Hall–Kier alpha value is -0.980. The van der Waals surface area contributed by atoms with E-state index < -0.39 is 0 Å². The van der Waals surface area contributed by atoms with Gasteiger partial charge in [-0.3, -0.25) is 0 Å². The number of hydrogen-bond acceptors (Lipinski definition) is 2. The number of terminal acetylenes is 1. The van der Waals surface area contributed by atoms with Gasteiger partial charge in [-0.2, -0.15) is 0 Å². The molecule has 2 nitrogen and oxygen atoms in total. The Kier molecular flexibility index (Phi) is 4.67. The average molecular weight is 268 g/mol. The van der Waals surface area contributed by atoms with Crippen molar-refractivity contribution in [2.24, 2.45) is 5.73 Å². The minimum atomic E-state index is -0.0504. The van der Waals surface area contributed by atoms with E-state index in [0.29, 0.717) is 6.42 Å². The number of benzene rings is 1. The maximum absolute atomic E-state index is 6.02. The molecule has 1 atom stereocenters. The van der Waals surface area contributed by atoms with Gasteiger partial charge in [-0.05, 0) is 30.2 Å². The van der Waals surface area contributed by atoms with Crippen LogP contribution in [0, 0.1) is 12.3 Å². The zero-order valence-corrected chi connectivity index (χ0v) is 10.3. The lowest BCUT2D eigenvalue weighted by molar-refractivity contribution is 0.413. The standard InChI is InChI=1S/C12H14BrNO/c1-3-4-5-12(14)10-8-9(15-2)6-7-11(10)13/h1,6-8,12H,4-5,14H2,2H3. The van der Waals surface area contributed by atoms with Crippen LogP contribution >= 0.6 is 15.9 Å². The van der Waals surface area contributed by atoms with Gasteiger partial charge in [0.2, 0.25) is 0 Å². The van der Waals surface area contributed by atoms with E-state index >= 15 is 0 Å². The van der Waals surface area contributed by atoms with Crippen molar-refractivity contribution in [1.82, 2.24) is 0 Å². The summed E-state index contributed by atoms with van der Waals surface area (Å²) in [5.41, 5.74) is 7.06. The Balaban J connectivity index is 2.87. The van der Waals surface area contributed by atoms with E-state index in [2.05, 4.69) is 21.9 Å². The molecule has 0 spiro atoms. The van der Waals surface area contributed by atoms with E-state index in [-0.39, 0.29) is 6.04 Å². The summed E-state index contributed by atoms with van der Waals surface area (Å²) in [7, 11) is 1.64. The van der Waals surface area contributed by atoms with Crippen molar-refractivity contribution < 1.29 is 4.74 Å². The molecule has 0 fully saturated rings. The van der Waals surface area contributed by atoms with E-state index in [4.69, 9.17) is 16.9 Å². The van der Waals surface area contributed by atoms with Crippen molar-refractivity contribution in [1.29, 1.82) is 0 Å². The third-order valence-corrected chi connectivity index (χ3v) is 2.92. The van der Waals surface area contributed by atoms with Crippen LogP contribution in [0.15, 0.2) is 22.7 Å². The Labute approximate surface area is 98.9 Å². The molecule has 0 saturated heterocycles. The number of nitrogens with two attached hydrogens (primary N) is 1.